The summed E-state index contributed by atoms with van der Waals surface area (Å²) in [5.41, 5.74) is 0.972. The van der Waals surface area contributed by atoms with Gasteiger partial charge in [-0.25, -0.2) is 0 Å². The molecule has 0 aliphatic carbocycles. The van der Waals surface area contributed by atoms with E-state index < -0.39 is 0 Å². The van der Waals surface area contributed by atoms with E-state index in [-0.39, 0.29) is 17.5 Å². The zero-order valence-corrected chi connectivity index (χ0v) is 16.1. The molecule has 0 bridgehead atoms. The van der Waals surface area contributed by atoms with Gasteiger partial charge in [-0.3, -0.25) is 14.6 Å². The van der Waals surface area contributed by atoms with Crippen molar-refractivity contribution in [2.75, 3.05) is 32.5 Å². The minimum atomic E-state index is -0.382. The summed E-state index contributed by atoms with van der Waals surface area (Å²) in [7, 11) is 3.94. The second-order valence-electron chi connectivity index (χ2n) is 5.95. The number of halogens is 2. The number of amides is 2. The molecule has 1 aromatic heterocycles. The van der Waals surface area contributed by atoms with Crippen molar-refractivity contribution < 1.29 is 9.59 Å². The molecule has 0 saturated carbocycles. The molecule has 0 atom stereocenters. The van der Waals surface area contributed by atoms with E-state index in [1.807, 2.05) is 19.0 Å². The molecule has 138 valence electrons. The molecule has 6 nitrogen and oxygen atoms in total. The molecule has 1 heterocycles. The average molecular weight is 395 g/mol. The van der Waals surface area contributed by atoms with Gasteiger partial charge in [0.15, 0.2) is 0 Å². The Morgan fingerprint density at radius 1 is 1.08 bits per heavy atom. The second-order valence-corrected chi connectivity index (χ2v) is 6.83. The average Bonchev–Trinajstić information content (AvgIpc) is 2.57. The first-order valence-corrected chi connectivity index (χ1v) is 8.77. The Labute approximate surface area is 162 Å². The van der Waals surface area contributed by atoms with Crippen LogP contribution < -0.4 is 10.6 Å². The Morgan fingerprint density at radius 2 is 1.77 bits per heavy atom. The molecule has 0 aliphatic rings. The van der Waals surface area contributed by atoms with E-state index in [2.05, 4.69) is 15.6 Å². The van der Waals surface area contributed by atoms with Gasteiger partial charge >= 0.3 is 0 Å². The van der Waals surface area contributed by atoms with Crippen LogP contribution in [0.25, 0.3) is 0 Å². The van der Waals surface area contributed by atoms with Crippen LogP contribution in [0.1, 0.15) is 27.3 Å². The van der Waals surface area contributed by atoms with Gasteiger partial charge in [0.1, 0.15) is 5.69 Å². The van der Waals surface area contributed by atoms with E-state index >= 15 is 0 Å². The number of nitrogens with zero attached hydrogens (tertiary/aromatic N) is 2. The number of nitrogens with one attached hydrogen (secondary N) is 2. The van der Waals surface area contributed by atoms with E-state index in [9.17, 15) is 9.59 Å². The third-order valence-corrected chi connectivity index (χ3v) is 3.88. The summed E-state index contributed by atoms with van der Waals surface area (Å²) in [6, 6.07) is 7.73. The molecule has 0 saturated heterocycles. The number of aromatic nitrogens is 1. The van der Waals surface area contributed by atoms with Crippen LogP contribution in [0.4, 0.5) is 5.69 Å². The Balaban J connectivity index is 2.01. The van der Waals surface area contributed by atoms with Crippen molar-refractivity contribution in [2.24, 2.45) is 0 Å². The fourth-order valence-electron chi connectivity index (χ4n) is 2.21. The van der Waals surface area contributed by atoms with Crippen LogP contribution in [-0.4, -0.2) is 48.9 Å². The maximum atomic E-state index is 12.4. The van der Waals surface area contributed by atoms with Crippen LogP contribution in [0, 0.1) is 0 Å². The summed E-state index contributed by atoms with van der Waals surface area (Å²) >= 11 is 11.8. The molecule has 0 aliphatic heterocycles. The van der Waals surface area contributed by atoms with Gasteiger partial charge in [0, 0.05) is 34.0 Å². The van der Waals surface area contributed by atoms with Crippen LogP contribution in [0.3, 0.4) is 0 Å². The maximum Gasteiger partial charge on any atom is 0.269 e. The Bertz CT molecular complexity index is 776. The van der Waals surface area contributed by atoms with Crippen molar-refractivity contribution in [3.05, 3.63) is 57.8 Å². The molecule has 2 aromatic rings. The van der Waals surface area contributed by atoms with Gasteiger partial charge in [-0.1, -0.05) is 23.2 Å². The number of pyridine rings is 1. The highest BCUT2D eigenvalue weighted by Crippen LogP contribution is 2.22. The number of hydrogen-bond donors (Lipinski definition) is 2. The number of carbonyl (C=O) groups is 2. The van der Waals surface area contributed by atoms with E-state index in [1.165, 1.54) is 18.3 Å². The molecule has 26 heavy (non-hydrogen) atoms. The Hall–Kier alpha value is -2.15. The normalized spacial score (nSPS) is 10.7. The van der Waals surface area contributed by atoms with Crippen LogP contribution in [-0.2, 0) is 0 Å². The molecular weight excluding hydrogens is 375 g/mol. The number of benzene rings is 1. The van der Waals surface area contributed by atoms with Gasteiger partial charge in [-0.05, 0) is 57.4 Å². The van der Waals surface area contributed by atoms with Crippen molar-refractivity contribution in [3.63, 3.8) is 0 Å². The summed E-state index contributed by atoms with van der Waals surface area (Å²) < 4.78 is 0. The predicted octanol–water partition coefficient (Wildman–Crippen LogP) is 3.32. The smallest absolute Gasteiger partial charge is 0.269 e. The van der Waals surface area contributed by atoms with Gasteiger partial charge in [-0.2, -0.15) is 0 Å². The number of carbonyl (C=O) groups excluding carboxylic acids is 2. The largest absolute Gasteiger partial charge is 0.351 e. The van der Waals surface area contributed by atoms with E-state index in [0.29, 0.717) is 27.8 Å². The van der Waals surface area contributed by atoms with Crippen LogP contribution in [0.5, 0.6) is 0 Å². The fraction of sp³-hybridized carbons (Fsp3) is 0.278. The van der Waals surface area contributed by atoms with Crippen molar-refractivity contribution in [3.8, 4) is 0 Å². The van der Waals surface area contributed by atoms with Crippen molar-refractivity contribution in [1.82, 2.24) is 15.2 Å². The van der Waals surface area contributed by atoms with Gasteiger partial charge in [-0.15, -0.1) is 0 Å². The van der Waals surface area contributed by atoms with Gasteiger partial charge < -0.3 is 15.5 Å². The number of hydrogen-bond acceptors (Lipinski definition) is 4. The van der Waals surface area contributed by atoms with Crippen LogP contribution in [0.15, 0.2) is 36.5 Å². The van der Waals surface area contributed by atoms with Crippen LogP contribution >= 0.6 is 23.2 Å². The molecular formula is C18H20Cl2N4O2. The lowest BCUT2D eigenvalue weighted by Crippen LogP contribution is -2.28. The summed E-state index contributed by atoms with van der Waals surface area (Å²) in [5, 5.41) is 6.32. The third kappa shape index (κ3) is 6.29. The van der Waals surface area contributed by atoms with Gasteiger partial charge in [0.2, 0.25) is 0 Å². The molecule has 2 N–H and O–H groups in total. The highest BCUT2D eigenvalue weighted by atomic mass is 35.5. The molecule has 0 radical (unpaired) electrons. The van der Waals surface area contributed by atoms with Crippen molar-refractivity contribution in [2.45, 2.75) is 6.42 Å². The summed E-state index contributed by atoms with van der Waals surface area (Å²) in [6.07, 6.45) is 2.25. The lowest BCUT2D eigenvalue weighted by atomic mass is 10.2. The summed E-state index contributed by atoms with van der Waals surface area (Å²) in [4.78, 5) is 30.6. The van der Waals surface area contributed by atoms with Gasteiger partial charge in [0.25, 0.3) is 11.8 Å². The van der Waals surface area contributed by atoms with E-state index in [0.717, 1.165) is 13.0 Å². The third-order valence-electron chi connectivity index (χ3n) is 3.44. The lowest BCUT2D eigenvalue weighted by molar-refractivity contribution is 0.0947. The molecule has 0 unspecified atom stereocenters. The standard InChI is InChI=1S/C18H20Cl2N4O2/c1-24(2)7-3-5-22-18(26)16-8-12(4-6-21-16)17(25)23-15-10-13(19)9-14(20)11-15/h4,6,8-11H,3,5,7H2,1-2H3,(H,22,26)(H,23,25). The molecule has 0 fully saturated rings. The fourth-order valence-corrected chi connectivity index (χ4v) is 2.74. The molecule has 0 spiro atoms. The highest BCUT2D eigenvalue weighted by Gasteiger charge is 2.12. The van der Waals surface area contributed by atoms with Crippen molar-refractivity contribution in [1.29, 1.82) is 0 Å². The zero-order valence-electron chi connectivity index (χ0n) is 14.6. The monoisotopic (exact) mass is 394 g/mol. The zero-order chi connectivity index (χ0) is 19.1. The minimum absolute atomic E-state index is 0.187. The quantitative estimate of drug-likeness (QED) is 0.706. The molecule has 2 amide bonds. The van der Waals surface area contributed by atoms with Crippen molar-refractivity contribution >= 4 is 40.7 Å². The summed E-state index contributed by atoms with van der Waals surface area (Å²) in [6.45, 7) is 1.41. The van der Waals surface area contributed by atoms with E-state index in [1.54, 1.807) is 18.2 Å². The number of rotatable bonds is 7. The lowest BCUT2D eigenvalue weighted by Gasteiger charge is -2.10. The van der Waals surface area contributed by atoms with Gasteiger partial charge in [0.05, 0.1) is 0 Å². The number of anilines is 1. The minimum Gasteiger partial charge on any atom is -0.351 e. The highest BCUT2D eigenvalue weighted by molar-refractivity contribution is 6.35. The first kappa shape index (κ1) is 20.2. The first-order valence-electron chi connectivity index (χ1n) is 8.01. The summed E-state index contributed by atoms with van der Waals surface area (Å²) in [5.74, 6) is -0.698. The second kappa shape index (κ2) is 9.52. The molecule has 2 rings (SSSR count). The molecule has 1 aromatic carbocycles. The first-order chi connectivity index (χ1) is 12.3. The topological polar surface area (TPSA) is 74.3 Å². The SMILES string of the molecule is CN(C)CCCNC(=O)c1cc(C(=O)Nc2cc(Cl)cc(Cl)c2)ccn1. The van der Waals surface area contributed by atoms with Crippen LogP contribution in [0.2, 0.25) is 10.0 Å². The Morgan fingerprint density at radius 3 is 2.42 bits per heavy atom. The Kier molecular flexibility index (Phi) is 7.38. The van der Waals surface area contributed by atoms with E-state index in [4.69, 9.17) is 23.2 Å². The maximum absolute atomic E-state index is 12.4. The predicted molar refractivity (Wildman–Crippen MR) is 104 cm³/mol. The molecule has 8 heteroatoms.